The van der Waals surface area contributed by atoms with Crippen LogP contribution in [0.5, 0.6) is 11.5 Å². The molecule has 0 aromatic heterocycles. The van der Waals surface area contributed by atoms with Crippen molar-refractivity contribution in [2.75, 3.05) is 4.90 Å². The number of hydrogen-bond acceptors (Lipinski definition) is 9. The smallest absolute Gasteiger partial charge is 0.419 e. The van der Waals surface area contributed by atoms with Crippen LogP contribution in [0.4, 0.5) is 23.2 Å². The van der Waals surface area contributed by atoms with E-state index in [0.717, 1.165) is 6.07 Å². The molecule has 0 fully saturated rings. The number of alkyl halides is 3. The molecule has 1 aliphatic heterocycles. The average Bonchev–Trinajstić information content (AvgIpc) is 3.02. The highest BCUT2D eigenvalue weighted by molar-refractivity contribution is 6.05. The molecule has 8 N–H and O–H groups in total. The van der Waals surface area contributed by atoms with Crippen molar-refractivity contribution in [3.05, 3.63) is 112 Å². The van der Waals surface area contributed by atoms with Gasteiger partial charge in [0.05, 0.1) is 5.56 Å². The zero-order valence-corrected chi connectivity index (χ0v) is 26.3. The maximum atomic E-state index is 13.3. The van der Waals surface area contributed by atoms with Gasteiger partial charge in [0.25, 0.3) is 0 Å². The highest BCUT2D eigenvalue weighted by Gasteiger charge is 2.38. The van der Waals surface area contributed by atoms with Crippen molar-refractivity contribution in [2.24, 2.45) is 21.5 Å². The van der Waals surface area contributed by atoms with Gasteiger partial charge in [-0.2, -0.15) is 18.2 Å². The minimum Gasteiger partial charge on any atom is -0.507 e. The minimum atomic E-state index is -4.81. The van der Waals surface area contributed by atoms with E-state index in [0.29, 0.717) is 38.7 Å². The first-order chi connectivity index (χ1) is 23.4. The molecule has 0 unspecified atom stereocenters. The van der Waals surface area contributed by atoms with Crippen molar-refractivity contribution in [2.45, 2.75) is 32.1 Å². The fourth-order valence-electron chi connectivity index (χ4n) is 5.80. The summed E-state index contributed by atoms with van der Waals surface area (Å²) in [6.07, 6.45) is -4.85. The number of aromatic hydroxyl groups is 2. The van der Waals surface area contributed by atoms with E-state index in [-0.39, 0.29) is 35.2 Å². The lowest BCUT2D eigenvalue weighted by Crippen LogP contribution is -2.54. The molecular weight excluding hydrogens is 662 g/mol. The highest BCUT2D eigenvalue weighted by Crippen LogP contribution is 2.39. The summed E-state index contributed by atoms with van der Waals surface area (Å²) in [5.41, 5.74) is 8.90. The van der Waals surface area contributed by atoms with Crippen LogP contribution in [-0.4, -0.2) is 49.9 Å². The molecule has 0 spiro atoms. The summed E-state index contributed by atoms with van der Waals surface area (Å²) in [6.45, 7) is 3.19. The van der Waals surface area contributed by atoms with Crippen molar-refractivity contribution < 1.29 is 47.6 Å². The molecule has 0 amide bonds. The van der Waals surface area contributed by atoms with Gasteiger partial charge in [-0.3, -0.25) is 4.90 Å². The van der Waals surface area contributed by atoms with Gasteiger partial charge in [0.2, 0.25) is 11.9 Å². The van der Waals surface area contributed by atoms with Gasteiger partial charge in [-0.1, -0.05) is 48.5 Å². The lowest BCUT2D eigenvalue weighted by Gasteiger charge is -2.38. The molecule has 258 valence electrons. The Kier molecular flexibility index (Phi) is 9.02. The SMILES string of the molecule is CC1(C)N=C(N)N=C(N)N1c1ccc(F)c(C(F)(F)F)c1.O=C(O)c1cc2ccccc2c(Cc2c(O)c(C(=O)O)cc3ccccc23)c1O. The van der Waals surface area contributed by atoms with Crippen molar-refractivity contribution in [1.82, 2.24) is 0 Å². The standard InChI is InChI=1S/C23H16O6.C12H13F4N5/c24-20-16(14-7-3-1-5-12(14)9-18(20)22(26)27)11-17-15-8-4-2-6-13(15)10-19(21(17)25)23(28)29;1-11(2)20-9(17)19-10(18)21(11)6-3-4-8(13)7(5-6)12(14,15)16/h1-10,24-25H,11H2,(H,26,27)(H,28,29);3-5H,1-2H3,(H4,17,18,19,20). The Morgan fingerprint density at radius 2 is 1.28 bits per heavy atom. The number of anilines is 1. The summed E-state index contributed by atoms with van der Waals surface area (Å²) in [7, 11) is 0. The van der Waals surface area contributed by atoms with Crippen molar-refractivity contribution in [3.63, 3.8) is 0 Å². The molecule has 11 nitrogen and oxygen atoms in total. The second-order valence-electron chi connectivity index (χ2n) is 11.7. The van der Waals surface area contributed by atoms with Crippen LogP contribution < -0.4 is 16.4 Å². The number of aliphatic imine (C=N–C) groups is 2. The number of rotatable bonds is 5. The van der Waals surface area contributed by atoms with Crippen LogP contribution >= 0.6 is 0 Å². The number of aromatic carboxylic acids is 2. The van der Waals surface area contributed by atoms with Gasteiger partial charge in [0.1, 0.15) is 34.1 Å². The average molecular weight is 692 g/mol. The largest absolute Gasteiger partial charge is 0.507 e. The summed E-state index contributed by atoms with van der Waals surface area (Å²) in [6, 6.07) is 19.3. The van der Waals surface area contributed by atoms with E-state index in [1.807, 2.05) is 0 Å². The van der Waals surface area contributed by atoms with Crippen molar-refractivity contribution in [1.29, 1.82) is 0 Å². The number of halogens is 4. The highest BCUT2D eigenvalue weighted by atomic mass is 19.4. The maximum absolute atomic E-state index is 13.3. The lowest BCUT2D eigenvalue weighted by molar-refractivity contribution is -0.139. The van der Waals surface area contributed by atoms with Gasteiger partial charge < -0.3 is 31.9 Å². The van der Waals surface area contributed by atoms with Gasteiger partial charge in [-0.25, -0.2) is 19.0 Å². The number of fused-ring (bicyclic) bond motifs is 2. The van der Waals surface area contributed by atoms with Crippen molar-refractivity contribution in [3.8, 4) is 11.5 Å². The number of nitrogens with zero attached hydrogens (tertiary/aromatic N) is 3. The molecular formula is C35H29F4N5O6. The molecule has 0 radical (unpaired) electrons. The Hall–Kier alpha value is -6.38. The number of carbonyl (C=O) groups is 2. The fourth-order valence-corrected chi connectivity index (χ4v) is 5.80. The molecule has 1 aliphatic rings. The second-order valence-corrected chi connectivity index (χ2v) is 11.7. The first kappa shape index (κ1) is 34.9. The number of nitrogens with two attached hydrogens (primary N) is 2. The minimum absolute atomic E-state index is 0.0197. The second kappa shape index (κ2) is 12.9. The van der Waals surface area contributed by atoms with Gasteiger partial charge in [0.15, 0.2) is 0 Å². The van der Waals surface area contributed by atoms with Crippen LogP contribution in [0.1, 0.15) is 51.3 Å². The van der Waals surface area contributed by atoms with Crippen LogP contribution in [0.3, 0.4) is 0 Å². The Labute approximate surface area is 281 Å². The third kappa shape index (κ3) is 6.65. The van der Waals surface area contributed by atoms with Crippen molar-refractivity contribution >= 4 is 51.1 Å². The summed E-state index contributed by atoms with van der Waals surface area (Å²) in [5, 5.41) is 42.8. The first-order valence-corrected chi connectivity index (χ1v) is 14.7. The summed E-state index contributed by atoms with van der Waals surface area (Å²) in [4.78, 5) is 32.2. The topological polar surface area (TPSA) is 195 Å². The molecule has 0 atom stereocenters. The number of phenols is 2. The normalized spacial score (nSPS) is 14.1. The summed E-state index contributed by atoms with van der Waals surface area (Å²) >= 11 is 0. The number of carboxylic acids is 2. The molecule has 0 saturated heterocycles. The summed E-state index contributed by atoms with van der Waals surface area (Å²) in [5.74, 6) is -4.91. The fraction of sp³-hybridized carbons (Fsp3) is 0.143. The molecule has 5 aromatic rings. The molecule has 5 aromatic carbocycles. The summed E-state index contributed by atoms with van der Waals surface area (Å²) < 4.78 is 51.7. The first-order valence-electron chi connectivity index (χ1n) is 14.7. The zero-order chi connectivity index (χ0) is 36.7. The van der Waals surface area contributed by atoms with E-state index in [2.05, 4.69) is 9.98 Å². The molecule has 0 bridgehead atoms. The van der Waals surface area contributed by atoms with Crippen LogP contribution in [0, 0.1) is 5.82 Å². The third-order valence-corrected chi connectivity index (χ3v) is 7.97. The van der Waals surface area contributed by atoms with E-state index in [1.54, 1.807) is 62.4 Å². The van der Waals surface area contributed by atoms with Gasteiger partial charge >= 0.3 is 18.1 Å². The monoisotopic (exact) mass is 691 g/mol. The van der Waals surface area contributed by atoms with Crippen LogP contribution in [0.25, 0.3) is 21.5 Å². The maximum Gasteiger partial charge on any atom is 0.419 e. The predicted octanol–water partition coefficient (Wildman–Crippen LogP) is 6.42. The lowest BCUT2D eigenvalue weighted by atomic mass is 9.90. The quantitative estimate of drug-likeness (QED) is 0.113. The Bertz CT molecular complexity index is 2150. The van der Waals surface area contributed by atoms with Crippen LogP contribution in [0.15, 0.2) is 88.8 Å². The van der Waals surface area contributed by atoms with Crippen LogP contribution in [0.2, 0.25) is 0 Å². The molecule has 1 heterocycles. The van der Waals surface area contributed by atoms with Gasteiger partial charge in [0, 0.05) is 23.2 Å². The molecule has 0 saturated carbocycles. The number of carboxylic acid groups (broad SMARTS) is 2. The van der Waals surface area contributed by atoms with Crippen LogP contribution in [-0.2, 0) is 12.6 Å². The zero-order valence-electron chi connectivity index (χ0n) is 26.3. The van der Waals surface area contributed by atoms with E-state index in [4.69, 9.17) is 11.5 Å². The molecule has 15 heteroatoms. The number of guanidine groups is 2. The molecule has 6 rings (SSSR count). The van der Waals surface area contributed by atoms with E-state index in [1.165, 1.54) is 23.1 Å². The Morgan fingerprint density at radius 3 is 1.72 bits per heavy atom. The third-order valence-electron chi connectivity index (χ3n) is 7.97. The number of hydrogen-bond donors (Lipinski definition) is 6. The van der Waals surface area contributed by atoms with Gasteiger partial charge in [-0.15, -0.1) is 0 Å². The predicted molar refractivity (Wildman–Crippen MR) is 179 cm³/mol. The van der Waals surface area contributed by atoms with E-state index in [9.17, 15) is 47.6 Å². The van der Waals surface area contributed by atoms with Gasteiger partial charge in [-0.05, 0) is 65.7 Å². The molecule has 50 heavy (non-hydrogen) atoms. The van der Waals surface area contributed by atoms with E-state index < -0.39 is 46.7 Å². The Morgan fingerprint density at radius 1 is 0.800 bits per heavy atom. The Balaban J connectivity index is 0.000000205. The van der Waals surface area contributed by atoms with E-state index >= 15 is 0 Å². The molecule has 0 aliphatic carbocycles. The number of benzene rings is 5.